The van der Waals surface area contributed by atoms with Crippen molar-refractivity contribution >= 4 is 38.2 Å². The van der Waals surface area contributed by atoms with Crippen molar-refractivity contribution in [2.75, 3.05) is 0 Å². The van der Waals surface area contributed by atoms with E-state index in [-0.39, 0.29) is 4.75 Å². The molecule has 1 atom stereocenters. The van der Waals surface area contributed by atoms with Gasteiger partial charge >= 0.3 is 0 Å². The molecule has 0 radical (unpaired) electrons. The highest BCUT2D eigenvalue weighted by atomic mass is 127. The van der Waals surface area contributed by atoms with Gasteiger partial charge in [-0.05, 0) is 43.4 Å². The summed E-state index contributed by atoms with van der Waals surface area (Å²) in [5, 5.41) is 0. The Hall–Kier alpha value is 0.710. The van der Waals surface area contributed by atoms with E-state index in [1.165, 1.54) is 0 Å². The SMILES string of the molecule is CC(C)(C)[S@@+]([O-])/N=C/I. The van der Waals surface area contributed by atoms with Crippen molar-refractivity contribution in [2.24, 2.45) is 4.40 Å². The van der Waals surface area contributed by atoms with Gasteiger partial charge in [0.25, 0.3) is 0 Å². The van der Waals surface area contributed by atoms with Crippen LogP contribution in [0.4, 0.5) is 0 Å². The van der Waals surface area contributed by atoms with Crippen LogP contribution in [0.25, 0.3) is 0 Å². The molecule has 0 aromatic rings. The highest BCUT2D eigenvalue weighted by Gasteiger charge is 2.25. The molecule has 0 heterocycles. The predicted octanol–water partition coefficient (Wildman–Crippen LogP) is 1.91. The van der Waals surface area contributed by atoms with E-state index in [1.807, 2.05) is 43.4 Å². The Morgan fingerprint density at radius 2 is 2.00 bits per heavy atom. The second kappa shape index (κ2) is 3.78. The molecule has 0 amide bonds. The third-order valence-corrected chi connectivity index (χ3v) is 2.66. The van der Waals surface area contributed by atoms with E-state index in [0.717, 1.165) is 0 Å². The minimum Gasteiger partial charge on any atom is -0.591 e. The molecule has 9 heavy (non-hydrogen) atoms. The van der Waals surface area contributed by atoms with Crippen LogP contribution in [0, 0.1) is 0 Å². The summed E-state index contributed by atoms with van der Waals surface area (Å²) in [4.78, 5) is 0. The summed E-state index contributed by atoms with van der Waals surface area (Å²) in [7, 11) is 0. The minimum atomic E-state index is -1.08. The molecular weight excluding hydrogens is 249 g/mol. The first-order valence-corrected chi connectivity index (χ1v) is 4.88. The number of nitrogens with zero attached hydrogens (tertiary/aromatic N) is 1. The van der Waals surface area contributed by atoms with Gasteiger partial charge in [-0.2, -0.15) is 0 Å². The maximum Gasteiger partial charge on any atom is 0.144 e. The van der Waals surface area contributed by atoms with E-state index in [1.54, 1.807) is 4.22 Å². The average molecular weight is 259 g/mol. The Bertz CT molecular complexity index is 110. The quantitative estimate of drug-likeness (QED) is 0.402. The van der Waals surface area contributed by atoms with Crippen molar-refractivity contribution in [2.45, 2.75) is 25.5 Å². The molecule has 0 rings (SSSR count). The van der Waals surface area contributed by atoms with Gasteiger partial charge in [0.2, 0.25) is 0 Å². The Morgan fingerprint density at radius 3 is 2.11 bits per heavy atom. The summed E-state index contributed by atoms with van der Waals surface area (Å²) in [6.07, 6.45) is 0. The van der Waals surface area contributed by atoms with Crippen LogP contribution in [0.15, 0.2) is 4.40 Å². The van der Waals surface area contributed by atoms with Crippen molar-refractivity contribution in [1.29, 1.82) is 0 Å². The largest absolute Gasteiger partial charge is 0.591 e. The van der Waals surface area contributed by atoms with Crippen LogP contribution in [-0.2, 0) is 11.4 Å². The number of hydrogen-bond donors (Lipinski definition) is 0. The van der Waals surface area contributed by atoms with Crippen LogP contribution < -0.4 is 0 Å². The normalized spacial score (nSPS) is 16.6. The molecule has 0 bridgehead atoms. The molecule has 0 saturated heterocycles. The van der Waals surface area contributed by atoms with Crippen molar-refractivity contribution in [1.82, 2.24) is 0 Å². The minimum absolute atomic E-state index is 0.221. The van der Waals surface area contributed by atoms with Gasteiger partial charge in [-0.25, -0.2) is 0 Å². The summed E-state index contributed by atoms with van der Waals surface area (Å²) in [6, 6.07) is 0. The first-order valence-electron chi connectivity index (χ1n) is 2.53. The Morgan fingerprint density at radius 1 is 1.56 bits per heavy atom. The van der Waals surface area contributed by atoms with Crippen molar-refractivity contribution in [3.63, 3.8) is 0 Å². The summed E-state index contributed by atoms with van der Waals surface area (Å²) in [6.45, 7) is 5.69. The van der Waals surface area contributed by atoms with Crippen molar-refractivity contribution in [3.8, 4) is 0 Å². The molecule has 0 spiro atoms. The molecule has 0 aliphatic carbocycles. The molecule has 0 aromatic heterocycles. The van der Waals surface area contributed by atoms with Crippen LogP contribution in [0.5, 0.6) is 0 Å². The molecular formula is C5H10INOS. The third-order valence-electron chi connectivity index (χ3n) is 0.659. The molecule has 0 aliphatic rings. The Balaban J connectivity index is 3.88. The molecule has 0 unspecified atom stereocenters. The molecule has 2 nitrogen and oxygen atoms in total. The predicted molar refractivity (Wildman–Crippen MR) is 50.4 cm³/mol. The Labute approximate surface area is 72.6 Å². The second-order valence-electron chi connectivity index (χ2n) is 2.56. The van der Waals surface area contributed by atoms with E-state index in [0.29, 0.717) is 0 Å². The second-order valence-corrected chi connectivity index (χ2v) is 5.06. The van der Waals surface area contributed by atoms with E-state index >= 15 is 0 Å². The smallest absolute Gasteiger partial charge is 0.144 e. The fraction of sp³-hybridized carbons (Fsp3) is 0.800. The van der Waals surface area contributed by atoms with Crippen molar-refractivity contribution < 1.29 is 4.55 Å². The lowest BCUT2D eigenvalue weighted by Gasteiger charge is -2.17. The zero-order valence-corrected chi connectivity index (χ0v) is 8.69. The zero-order valence-electron chi connectivity index (χ0n) is 5.72. The van der Waals surface area contributed by atoms with Crippen LogP contribution in [-0.4, -0.2) is 13.5 Å². The van der Waals surface area contributed by atoms with Gasteiger partial charge in [0.15, 0.2) is 0 Å². The fourth-order valence-corrected chi connectivity index (χ4v) is 1.20. The molecule has 0 aliphatic heterocycles. The molecule has 0 N–H and O–H groups in total. The van der Waals surface area contributed by atoms with Crippen molar-refractivity contribution in [3.05, 3.63) is 0 Å². The van der Waals surface area contributed by atoms with Gasteiger partial charge in [0.05, 0.1) is 0 Å². The van der Waals surface area contributed by atoms with Gasteiger partial charge < -0.3 is 4.55 Å². The number of halogens is 1. The fourth-order valence-electron chi connectivity index (χ4n) is 0.194. The van der Waals surface area contributed by atoms with Crippen LogP contribution >= 0.6 is 22.6 Å². The highest BCUT2D eigenvalue weighted by molar-refractivity contribution is 14.1. The highest BCUT2D eigenvalue weighted by Crippen LogP contribution is 2.16. The average Bonchev–Trinajstić information content (AvgIpc) is 1.64. The monoisotopic (exact) mass is 259 g/mol. The van der Waals surface area contributed by atoms with E-state index in [4.69, 9.17) is 0 Å². The first kappa shape index (κ1) is 9.71. The molecule has 0 saturated carbocycles. The van der Waals surface area contributed by atoms with Crippen LogP contribution in [0.1, 0.15) is 20.8 Å². The standard InChI is InChI=1S/C5H10INOS/c1-5(2,3)9(8)7-4-6/h4H,1-3H3/b7-4+/t9-/m1/s1. The number of rotatable bonds is 1. The lowest BCUT2D eigenvalue weighted by atomic mass is 10.3. The van der Waals surface area contributed by atoms with Gasteiger partial charge in [-0.3, -0.25) is 0 Å². The Kier molecular flexibility index (Phi) is 4.07. The van der Waals surface area contributed by atoms with Gasteiger partial charge in [-0.1, -0.05) is 4.40 Å². The summed E-state index contributed by atoms with van der Waals surface area (Å²) in [5.41, 5.74) is 0. The molecule has 54 valence electrons. The topological polar surface area (TPSA) is 35.4 Å². The summed E-state index contributed by atoms with van der Waals surface area (Å²) in [5.74, 6) is 0. The van der Waals surface area contributed by atoms with Crippen LogP contribution in [0.2, 0.25) is 0 Å². The molecule has 0 aromatic carbocycles. The lowest BCUT2D eigenvalue weighted by Crippen LogP contribution is -2.25. The van der Waals surface area contributed by atoms with Crippen LogP contribution in [0.3, 0.4) is 0 Å². The zero-order chi connectivity index (χ0) is 7.49. The maximum atomic E-state index is 11.0. The molecule has 4 heteroatoms. The third kappa shape index (κ3) is 4.16. The lowest BCUT2D eigenvalue weighted by molar-refractivity contribution is 0.562. The van der Waals surface area contributed by atoms with E-state index < -0.39 is 11.4 Å². The summed E-state index contributed by atoms with van der Waals surface area (Å²) >= 11 is 0.883. The first-order chi connectivity index (χ1) is 3.98. The van der Waals surface area contributed by atoms with Gasteiger partial charge in [0.1, 0.15) is 20.3 Å². The molecule has 0 fully saturated rings. The summed E-state index contributed by atoms with van der Waals surface area (Å²) < 4.78 is 16.0. The maximum absolute atomic E-state index is 11.0. The number of hydrogen-bond acceptors (Lipinski definition) is 2. The van der Waals surface area contributed by atoms with Gasteiger partial charge in [0, 0.05) is 0 Å². The van der Waals surface area contributed by atoms with E-state index in [9.17, 15) is 4.55 Å². The van der Waals surface area contributed by atoms with Gasteiger partial charge in [-0.15, -0.1) is 0 Å². The van der Waals surface area contributed by atoms with E-state index in [2.05, 4.69) is 4.40 Å².